The molecule has 0 radical (unpaired) electrons. The Morgan fingerprint density at radius 1 is 1.20 bits per heavy atom. The predicted molar refractivity (Wildman–Crippen MR) is 74.0 cm³/mol. The van der Waals surface area contributed by atoms with Gasteiger partial charge in [0.2, 0.25) is 5.91 Å². The largest absolute Gasteiger partial charge is 0.493 e. The number of aliphatic hydroxyl groups is 2. The Labute approximate surface area is 118 Å². The molecule has 6 nitrogen and oxygen atoms in total. The summed E-state index contributed by atoms with van der Waals surface area (Å²) in [5.74, 6) is 0.847. The molecule has 0 saturated carbocycles. The van der Waals surface area contributed by atoms with E-state index in [0.29, 0.717) is 11.5 Å². The molecule has 0 heterocycles. The Bertz CT molecular complexity index is 457. The lowest BCUT2D eigenvalue weighted by Crippen LogP contribution is -2.52. The first-order valence-corrected chi connectivity index (χ1v) is 6.21. The van der Waals surface area contributed by atoms with Crippen LogP contribution in [0.15, 0.2) is 18.2 Å². The second-order valence-electron chi connectivity index (χ2n) is 4.79. The van der Waals surface area contributed by atoms with Gasteiger partial charge in [0.15, 0.2) is 11.5 Å². The van der Waals surface area contributed by atoms with Crippen LogP contribution >= 0.6 is 0 Å². The minimum absolute atomic E-state index is 0.121. The topological polar surface area (TPSA) is 88.0 Å². The Morgan fingerprint density at radius 2 is 1.80 bits per heavy atom. The van der Waals surface area contributed by atoms with E-state index in [0.717, 1.165) is 5.56 Å². The molecule has 0 aromatic heterocycles. The van der Waals surface area contributed by atoms with E-state index in [1.54, 1.807) is 25.1 Å². The zero-order valence-electron chi connectivity index (χ0n) is 12.0. The van der Waals surface area contributed by atoms with E-state index in [1.807, 2.05) is 0 Å². The van der Waals surface area contributed by atoms with E-state index in [2.05, 4.69) is 5.32 Å². The van der Waals surface area contributed by atoms with Crippen molar-refractivity contribution in [2.45, 2.75) is 18.9 Å². The molecule has 112 valence electrons. The normalized spacial score (nSPS) is 11.1. The molecule has 0 aliphatic carbocycles. The van der Waals surface area contributed by atoms with Gasteiger partial charge in [-0.3, -0.25) is 4.79 Å². The number of carbonyl (C=O) groups is 1. The van der Waals surface area contributed by atoms with Crippen LogP contribution in [0.4, 0.5) is 0 Å². The van der Waals surface area contributed by atoms with Crippen molar-refractivity contribution >= 4 is 5.91 Å². The van der Waals surface area contributed by atoms with Crippen LogP contribution in [0.5, 0.6) is 11.5 Å². The van der Waals surface area contributed by atoms with Crippen LogP contribution in [0.1, 0.15) is 12.5 Å². The summed E-state index contributed by atoms with van der Waals surface area (Å²) in [6.45, 7) is 0.905. The predicted octanol–water partition coefficient (Wildman–Crippen LogP) is 0.106. The van der Waals surface area contributed by atoms with Gasteiger partial charge in [-0.15, -0.1) is 0 Å². The summed E-state index contributed by atoms with van der Waals surface area (Å²) in [7, 11) is 3.06. The highest BCUT2D eigenvalue weighted by molar-refractivity contribution is 5.79. The number of aliphatic hydroxyl groups excluding tert-OH is 2. The lowest BCUT2D eigenvalue weighted by Gasteiger charge is -2.26. The van der Waals surface area contributed by atoms with Crippen molar-refractivity contribution in [1.82, 2.24) is 5.32 Å². The number of benzene rings is 1. The molecule has 0 unspecified atom stereocenters. The van der Waals surface area contributed by atoms with Gasteiger partial charge in [0, 0.05) is 0 Å². The number of amides is 1. The average molecular weight is 283 g/mol. The number of ether oxygens (including phenoxy) is 2. The second kappa shape index (κ2) is 7.12. The third-order valence-corrected chi connectivity index (χ3v) is 2.95. The van der Waals surface area contributed by atoms with Gasteiger partial charge in [-0.2, -0.15) is 0 Å². The fourth-order valence-corrected chi connectivity index (χ4v) is 1.69. The van der Waals surface area contributed by atoms with Crippen molar-refractivity contribution in [3.8, 4) is 11.5 Å². The molecule has 0 atom stereocenters. The first kappa shape index (κ1) is 16.3. The Morgan fingerprint density at radius 3 is 2.30 bits per heavy atom. The standard InChI is InChI=1S/C14H21NO5/c1-14(8-16,9-17)15-13(18)7-10-4-5-11(19-2)12(6-10)20-3/h4-6,16-17H,7-9H2,1-3H3,(H,15,18). The quantitative estimate of drug-likeness (QED) is 0.661. The van der Waals surface area contributed by atoms with Crippen molar-refractivity contribution in [2.75, 3.05) is 27.4 Å². The lowest BCUT2D eigenvalue weighted by atomic mass is 10.0. The van der Waals surface area contributed by atoms with Crippen molar-refractivity contribution in [3.05, 3.63) is 23.8 Å². The van der Waals surface area contributed by atoms with Gasteiger partial charge in [-0.05, 0) is 24.6 Å². The third-order valence-electron chi connectivity index (χ3n) is 2.95. The lowest BCUT2D eigenvalue weighted by molar-refractivity contribution is -0.123. The van der Waals surface area contributed by atoms with Gasteiger partial charge in [-0.1, -0.05) is 6.07 Å². The van der Waals surface area contributed by atoms with E-state index in [-0.39, 0.29) is 25.5 Å². The van der Waals surface area contributed by atoms with Crippen LogP contribution in [-0.4, -0.2) is 49.1 Å². The van der Waals surface area contributed by atoms with Crippen molar-refractivity contribution in [2.24, 2.45) is 0 Å². The molecule has 1 rings (SSSR count). The Balaban J connectivity index is 2.76. The van der Waals surface area contributed by atoms with Gasteiger partial charge < -0.3 is 25.0 Å². The molecular formula is C14H21NO5. The van der Waals surface area contributed by atoms with E-state index in [9.17, 15) is 4.79 Å². The summed E-state index contributed by atoms with van der Waals surface area (Å²) in [5.41, 5.74) is -0.272. The van der Waals surface area contributed by atoms with Crippen LogP contribution in [0, 0.1) is 0 Å². The van der Waals surface area contributed by atoms with Crippen molar-refractivity contribution < 1.29 is 24.5 Å². The third kappa shape index (κ3) is 4.11. The average Bonchev–Trinajstić information content (AvgIpc) is 2.46. The summed E-state index contributed by atoms with van der Waals surface area (Å²) in [6, 6.07) is 5.20. The second-order valence-corrected chi connectivity index (χ2v) is 4.79. The smallest absolute Gasteiger partial charge is 0.225 e. The van der Waals surface area contributed by atoms with Gasteiger partial charge >= 0.3 is 0 Å². The number of hydrogen-bond acceptors (Lipinski definition) is 5. The summed E-state index contributed by atoms with van der Waals surface area (Å²) in [4.78, 5) is 11.9. The van der Waals surface area contributed by atoms with Crippen LogP contribution in [0.25, 0.3) is 0 Å². The first-order valence-electron chi connectivity index (χ1n) is 6.21. The van der Waals surface area contributed by atoms with E-state index in [4.69, 9.17) is 19.7 Å². The summed E-state index contributed by atoms with van der Waals surface area (Å²) < 4.78 is 10.3. The SMILES string of the molecule is COc1ccc(CC(=O)NC(C)(CO)CO)cc1OC. The fraction of sp³-hybridized carbons (Fsp3) is 0.500. The molecule has 6 heteroatoms. The van der Waals surface area contributed by atoms with E-state index >= 15 is 0 Å². The number of nitrogens with one attached hydrogen (secondary N) is 1. The molecule has 1 amide bonds. The highest BCUT2D eigenvalue weighted by Gasteiger charge is 2.24. The molecule has 0 aliphatic rings. The number of rotatable bonds is 7. The minimum Gasteiger partial charge on any atom is -0.493 e. The number of carbonyl (C=O) groups excluding carboxylic acids is 1. The van der Waals surface area contributed by atoms with Gasteiger partial charge in [-0.25, -0.2) is 0 Å². The van der Waals surface area contributed by atoms with Crippen molar-refractivity contribution in [1.29, 1.82) is 0 Å². The van der Waals surface area contributed by atoms with Crippen LogP contribution in [0.3, 0.4) is 0 Å². The maximum atomic E-state index is 11.9. The van der Waals surface area contributed by atoms with E-state index in [1.165, 1.54) is 14.2 Å². The fourth-order valence-electron chi connectivity index (χ4n) is 1.69. The molecule has 0 spiro atoms. The first-order chi connectivity index (χ1) is 9.47. The highest BCUT2D eigenvalue weighted by atomic mass is 16.5. The molecule has 1 aromatic rings. The molecule has 3 N–H and O–H groups in total. The Hall–Kier alpha value is -1.79. The molecular weight excluding hydrogens is 262 g/mol. The molecule has 0 fully saturated rings. The van der Waals surface area contributed by atoms with Crippen molar-refractivity contribution in [3.63, 3.8) is 0 Å². The molecule has 1 aromatic carbocycles. The summed E-state index contributed by atoms with van der Waals surface area (Å²) in [6.07, 6.45) is 0.121. The van der Waals surface area contributed by atoms with Crippen LogP contribution < -0.4 is 14.8 Å². The number of hydrogen-bond donors (Lipinski definition) is 3. The van der Waals surface area contributed by atoms with Crippen LogP contribution in [0.2, 0.25) is 0 Å². The summed E-state index contributed by atoms with van der Waals surface area (Å²) in [5, 5.41) is 20.9. The highest BCUT2D eigenvalue weighted by Crippen LogP contribution is 2.27. The maximum Gasteiger partial charge on any atom is 0.225 e. The van der Waals surface area contributed by atoms with Gasteiger partial charge in [0.1, 0.15) is 0 Å². The molecule has 20 heavy (non-hydrogen) atoms. The summed E-state index contributed by atoms with van der Waals surface area (Å²) >= 11 is 0. The van der Waals surface area contributed by atoms with Gasteiger partial charge in [0.25, 0.3) is 0 Å². The molecule has 0 saturated heterocycles. The molecule has 0 aliphatic heterocycles. The minimum atomic E-state index is -1.02. The number of methoxy groups -OCH3 is 2. The zero-order chi connectivity index (χ0) is 15.2. The zero-order valence-corrected chi connectivity index (χ0v) is 12.0. The maximum absolute atomic E-state index is 11.9. The molecule has 0 bridgehead atoms. The monoisotopic (exact) mass is 283 g/mol. The Kier molecular flexibility index (Phi) is 5.79. The van der Waals surface area contributed by atoms with E-state index < -0.39 is 5.54 Å². The van der Waals surface area contributed by atoms with Gasteiger partial charge in [0.05, 0.1) is 39.4 Å². The van der Waals surface area contributed by atoms with Crippen LogP contribution in [-0.2, 0) is 11.2 Å².